The highest BCUT2D eigenvalue weighted by Gasteiger charge is 2.18. The molecule has 0 radical (unpaired) electrons. The number of halogens is 1. The van der Waals surface area contributed by atoms with Crippen molar-refractivity contribution in [1.82, 2.24) is 5.32 Å². The molecule has 0 fully saturated rings. The van der Waals surface area contributed by atoms with E-state index in [9.17, 15) is 9.18 Å². The molecule has 2 nitrogen and oxygen atoms in total. The number of hydrogen-bond acceptors (Lipinski definition) is 1. The Kier molecular flexibility index (Phi) is 5.47. The van der Waals surface area contributed by atoms with Crippen LogP contribution in [0.3, 0.4) is 0 Å². The monoisotopic (exact) mass is 347 g/mol. The summed E-state index contributed by atoms with van der Waals surface area (Å²) >= 11 is 0. The Hall–Kier alpha value is -2.94. The lowest BCUT2D eigenvalue weighted by atomic mass is 9.93. The van der Waals surface area contributed by atoms with Crippen molar-refractivity contribution in [3.8, 4) is 0 Å². The first-order chi connectivity index (χ1) is 12.5. The highest BCUT2D eigenvalue weighted by atomic mass is 19.1. The molecule has 1 amide bonds. The molecule has 3 rings (SSSR count). The molecule has 0 aromatic heterocycles. The standard InChI is InChI=1S/C23H22FNO/c1-16-8-13-21(17(2)14-16)23(19-6-4-3-5-7-19)25-22(26)15-18-9-11-20(24)12-10-18/h3-14,23H,15H2,1-2H3,(H,25,26)/t23-/m0/s1. The van der Waals surface area contributed by atoms with Gasteiger partial charge < -0.3 is 5.32 Å². The molecular formula is C23H22FNO. The summed E-state index contributed by atoms with van der Waals surface area (Å²) in [5.74, 6) is -0.392. The van der Waals surface area contributed by atoms with Gasteiger partial charge in [0.2, 0.25) is 5.91 Å². The fraction of sp³-hybridized carbons (Fsp3) is 0.174. The summed E-state index contributed by atoms with van der Waals surface area (Å²) in [5.41, 5.74) is 5.23. The van der Waals surface area contributed by atoms with Crippen molar-refractivity contribution >= 4 is 5.91 Å². The van der Waals surface area contributed by atoms with Crippen LogP contribution in [0.4, 0.5) is 4.39 Å². The van der Waals surface area contributed by atoms with Crippen molar-refractivity contribution in [2.75, 3.05) is 0 Å². The minimum atomic E-state index is -0.299. The van der Waals surface area contributed by atoms with E-state index in [2.05, 4.69) is 37.4 Å². The second-order valence-corrected chi connectivity index (χ2v) is 6.57. The minimum Gasteiger partial charge on any atom is -0.345 e. The topological polar surface area (TPSA) is 29.1 Å². The molecule has 0 spiro atoms. The van der Waals surface area contributed by atoms with Crippen LogP contribution in [0, 0.1) is 19.7 Å². The lowest BCUT2D eigenvalue weighted by Crippen LogP contribution is -2.31. The summed E-state index contributed by atoms with van der Waals surface area (Å²) < 4.78 is 13.1. The molecule has 3 heteroatoms. The number of amides is 1. The van der Waals surface area contributed by atoms with Gasteiger partial charge in [0, 0.05) is 0 Å². The fourth-order valence-corrected chi connectivity index (χ4v) is 3.14. The SMILES string of the molecule is Cc1ccc([C@@H](NC(=O)Cc2ccc(F)cc2)c2ccccc2)c(C)c1. The summed E-state index contributed by atoms with van der Waals surface area (Å²) in [5, 5.41) is 3.14. The molecule has 3 aromatic carbocycles. The third-order valence-electron chi connectivity index (χ3n) is 4.45. The van der Waals surface area contributed by atoms with Crippen LogP contribution in [-0.2, 0) is 11.2 Å². The molecule has 0 aliphatic rings. The molecule has 0 bridgehead atoms. The Morgan fingerprint density at radius 3 is 2.31 bits per heavy atom. The van der Waals surface area contributed by atoms with Crippen molar-refractivity contribution in [1.29, 1.82) is 0 Å². The first-order valence-corrected chi connectivity index (χ1v) is 8.69. The number of carbonyl (C=O) groups is 1. The number of nitrogens with one attached hydrogen (secondary N) is 1. The maximum Gasteiger partial charge on any atom is 0.225 e. The number of aryl methyl sites for hydroxylation is 2. The number of hydrogen-bond donors (Lipinski definition) is 1. The number of carbonyl (C=O) groups excluding carboxylic acids is 1. The first kappa shape index (κ1) is 17.9. The highest BCUT2D eigenvalue weighted by molar-refractivity contribution is 5.79. The maximum atomic E-state index is 13.1. The van der Waals surface area contributed by atoms with Crippen molar-refractivity contribution in [2.24, 2.45) is 0 Å². The van der Waals surface area contributed by atoms with Crippen LogP contribution < -0.4 is 5.32 Å². The van der Waals surface area contributed by atoms with Crippen molar-refractivity contribution in [2.45, 2.75) is 26.3 Å². The Morgan fingerprint density at radius 1 is 0.962 bits per heavy atom. The third-order valence-corrected chi connectivity index (χ3v) is 4.45. The van der Waals surface area contributed by atoms with Gasteiger partial charge in [-0.15, -0.1) is 0 Å². The normalized spacial score (nSPS) is 11.8. The molecule has 26 heavy (non-hydrogen) atoms. The molecule has 0 aliphatic carbocycles. The Bertz CT molecular complexity index is 888. The lowest BCUT2D eigenvalue weighted by molar-refractivity contribution is -0.120. The van der Waals surface area contributed by atoms with Gasteiger partial charge >= 0.3 is 0 Å². The quantitative estimate of drug-likeness (QED) is 0.699. The van der Waals surface area contributed by atoms with Crippen molar-refractivity contribution in [3.05, 3.63) is 106 Å². The minimum absolute atomic E-state index is 0.0922. The Labute approximate surface area is 153 Å². The average Bonchev–Trinajstić information content (AvgIpc) is 2.63. The van der Waals surface area contributed by atoms with Gasteiger partial charge in [0.05, 0.1) is 12.5 Å². The third kappa shape index (κ3) is 4.37. The summed E-state index contributed by atoms with van der Waals surface area (Å²) in [6.45, 7) is 4.12. The van der Waals surface area contributed by atoms with Crippen LogP contribution in [0.1, 0.15) is 33.9 Å². The largest absolute Gasteiger partial charge is 0.345 e. The highest BCUT2D eigenvalue weighted by Crippen LogP contribution is 2.26. The van der Waals surface area contributed by atoms with E-state index in [0.717, 1.165) is 22.3 Å². The molecule has 0 unspecified atom stereocenters. The van der Waals surface area contributed by atoms with E-state index in [-0.39, 0.29) is 24.2 Å². The Morgan fingerprint density at radius 2 is 1.65 bits per heavy atom. The van der Waals surface area contributed by atoms with Crippen LogP contribution in [0.25, 0.3) is 0 Å². The van der Waals surface area contributed by atoms with Gasteiger partial charge in [-0.25, -0.2) is 4.39 Å². The molecule has 0 saturated heterocycles. The predicted molar refractivity (Wildman–Crippen MR) is 102 cm³/mol. The van der Waals surface area contributed by atoms with E-state index in [1.165, 1.54) is 17.7 Å². The molecule has 1 atom stereocenters. The van der Waals surface area contributed by atoms with Gasteiger partial charge in [-0.3, -0.25) is 4.79 Å². The van der Waals surface area contributed by atoms with Gasteiger partial charge in [0.15, 0.2) is 0 Å². The molecule has 3 aromatic rings. The van der Waals surface area contributed by atoms with Crippen LogP contribution in [0.15, 0.2) is 72.8 Å². The zero-order chi connectivity index (χ0) is 18.5. The van der Waals surface area contributed by atoms with E-state index in [1.807, 2.05) is 30.3 Å². The Balaban J connectivity index is 1.86. The first-order valence-electron chi connectivity index (χ1n) is 8.69. The smallest absolute Gasteiger partial charge is 0.225 e. The summed E-state index contributed by atoms with van der Waals surface area (Å²) in [6, 6.07) is 22.0. The van der Waals surface area contributed by atoms with Crippen molar-refractivity contribution < 1.29 is 9.18 Å². The van der Waals surface area contributed by atoms with Crippen molar-refractivity contribution in [3.63, 3.8) is 0 Å². The zero-order valence-corrected chi connectivity index (χ0v) is 15.0. The predicted octanol–water partition coefficient (Wildman–Crippen LogP) is 4.89. The number of benzene rings is 3. The van der Waals surface area contributed by atoms with E-state index >= 15 is 0 Å². The van der Waals surface area contributed by atoms with E-state index < -0.39 is 0 Å². The molecular weight excluding hydrogens is 325 g/mol. The molecule has 0 heterocycles. The van der Waals surface area contributed by atoms with E-state index in [1.54, 1.807) is 12.1 Å². The second-order valence-electron chi connectivity index (χ2n) is 6.57. The van der Waals surface area contributed by atoms with Gasteiger partial charge in [0.1, 0.15) is 5.82 Å². The van der Waals surface area contributed by atoms with Crippen LogP contribution in [-0.4, -0.2) is 5.91 Å². The molecule has 132 valence electrons. The van der Waals surface area contributed by atoms with Gasteiger partial charge in [-0.05, 0) is 48.2 Å². The van der Waals surface area contributed by atoms with E-state index in [0.29, 0.717) is 0 Å². The van der Waals surface area contributed by atoms with Gasteiger partial charge in [0.25, 0.3) is 0 Å². The van der Waals surface area contributed by atoms with E-state index in [4.69, 9.17) is 0 Å². The molecule has 0 aliphatic heterocycles. The van der Waals surface area contributed by atoms with Gasteiger partial charge in [-0.2, -0.15) is 0 Å². The molecule has 0 saturated carbocycles. The number of rotatable bonds is 5. The van der Waals surface area contributed by atoms with Gasteiger partial charge in [-0.1, -0.05) is 66.2 Å². The summed E-state index contributed by atoms with van der Waals surface area (Å²) in [4.78, 5) is 12.6. The summed E-state index contributed by atoms with van der Waals surface area (Å²) in [7, 11) is 0. The molecule has 1 N–H and O–H groups in total. The average molecular weight is 347 g/mol. The van der Waals surface area contributed by atoms with Crippen LogP contribution in [0.2, 0.25) is 0 Å². The fourth-order valence-electron chi connectivity index (χ4n) is 3.14. The summed E-state index contributed by atoms with van der Waals surface area (Å²) in [6.07, 6.45) is 0.217. The maximum absolute atomic E-state index is 13.1. The van der Waals surface area contributed by atoms with Crippen LogP contribution in [0.5, 0.6) is 0 Å². The van der Waals surface area contributed by atoms with Crippen LogP contribution >= 0.6 is 0 Å². The zero-order valence-electron chi connectivity index (χ0n) is 15.0. The second kappa shape index (κ2) is 7.96. The lowest BCUT2D eigenvalue weighted by Gasteiger charge is -2.22.